The molecule has 1 aliphatic rings. The molecule has 0 aromatic rings. The number of hydrogen-bond donors (Lipinski definition) is 1. The molecule has 1 heterocycles. The third-order valence-electron chi connectivity index (χ3n) is 2.66. The fourth-order valence-corrected chi connectivity index (χ4v) is 1.72. The summed E-state index contributed by atoms with van der Waals surface area (Å²) in [4.78, 5) is 13.1. The molecule has 1 atom stereocenters. The first kappa shape index (κ1) is 13.7. The fraction of sp³-hybridized carbons (Fsp3) is 0.900. The quantitative estimate of drug-likeness (QED) is 0.761. The molecule has 1 unspecified atom stereocenters. The minimum Gasteiger partial charge on any atom is -0.349 e. The van der Waals surface area contributed by atoms with Gasteiger partial charge in [-0.1, -0.05) is 0 Å². The number of nitrogens with one attached hydrogen (secondary N) is 1. The smallest absolute Gasteiger partial charge is 0.222 e. The Bertz CT molecular complexity index is 166. The highest BCUT2D eigenvalue weighted by atomic mass is 35.5. The Balaban J connectivity index is 0.00000169. The van der Waals surface area contributed by atoms with Crippen molar-refractivity contribution < 1.29 is 4.79 Å². The molecule has 0 aromatic heterocycles. The number of hydrogen-bond acceptors (Lipinski definition) is 2. The summed E-state index contributed by atoms with van der Waals surface area (Å²) in [6.45, 7) is 2.19. The Morgan fingerprint density at radius 3 is 2.71 bits per heavy atom. The van der Waals surface area contributed by atoms with Crippen molar-refractivity contribution in [1.82, 2.24) is 10.2 Å². The SMILES string of the molecule is CN(C)C(=O)CC1CCCNCC1.Cl. The average Bonchev–Trinajstić information content (AvgIpc) is 2.32. The van der Waals surface area contributed by atoms with Gasteiger partial charge in [0.1, 0.15) is 0 Å². The van der Waals surface area contributed by atoms with Gasteiger partial charge in [0, 0.05) is 20.5 Å². The topological polar surface area (TPSA) is 32.3 Å². The van der Waals surface area contributed by atoms with Crippen molar-refractivity contribution in [3.8, 4) is 0 Å². The zero-order valence-corrected chi connectivity index (χ0v) is 9.90. The van der Waals surface area contributed by atoms with E-state index >= 15 is 0 Å². The van der Waals surface area contributed by atoms with Crippen molar-refractivity contribution in [2.45, 2.75) is 25.7 Å². The molecular weight excluding hydrogens is 200 g/mol. The molecule has 0 spiro atoms. The molecule has 0 radical (unpaired) electrons. The van der Waals surface area contributed by atoms with E-state index in [0.29, 0.717) is 5.92 Å². The van der Waals surface area contributed by atoms with Crippen molar-refractivity contribution in [2.75, 3.05) is 27.2 Å². The molecule has 1 saturated heterocycles. The van der Waals surface area contributed by atoms with E-state index < -0.39 is 0 Å². The summed E-state index contributed by atoms with van der Waals surface area (Å²) >= 11 is 0. The van der Waals surface area contributed by atoms with Crippen LogP contribution in [0.2, 0.25) is 0 Å². The van der Waals surface area contributed by atoms with Gasteiger partial charge in [0.05, 0.1) is 0 Å². The van der Waals surface area contributed by atoms with E-state index in [0.717, 1.165) is 25.9 Å². The van der Waals surface area contributed by atoms with E-state index in [4.69, 9.17) is 0 Å². The van der Waals surface area contributed by atoms with Gasteiger partial charge in [-0.3, -0.25) is 4.79 Å². The summed E-state index contributed by atoms with van der Waals surface area (Å²) in [6, 6.07) is 0. The predicted molar refractivity (Wildman–Crippen MR) is 60.8 cm³/mol. The summed E-state index contributed by atoms with van der Waals surface area (Å²) in [5, 5.41) is 3.35. The molecule has 1 N–H and O–H groups in total. The maximum Gasteiger partial charge on any atom is 0.222 e. The van der Waals surface area contributed by atoms with Crippen LogP contribution in [-0.2, 0) is 4.79 Å². The van der Waals surface area contributed by atoms with Gasteiger partial charge in [0.25, 0.3) is 0 Å². The molecule has 1 rings (SSSR count). The zero-order chi connectivity index (χ0) is 9.68. The van der Waals surface area contributed by atoms with Crippen LogP contribution in [-0.4, -0.2) is 38.0 Å². The number of rotatable bonds is 2. The van der Waals surface area contributed by atoms with Crippen molar-refractivity contribution in [2.24, 2.45) is 5.92 Å². The first-order chi connectivity index (χ1) is 6.20. The normalized spacial score (nSPS) is 22.0. The van der Waals surface area contributed by atoms with Crippen LogP contribution in [0.25, 0.3) is 0 Å². The first-order valence-electron chi connectivity index (χ1n) is 5.11. The van der Waals surface area contributed by atoms with Gasteiger partial charge in [-0.05, 0) is 38.3 Å². The van der Waals surface area contributed by atoms with E-state index in [2.05, 4.69) is 5.32 Å². The molecule has 1 amide bonds. The van der Waals surface area contributed by atoms with Crippen molar-refractivity contribution in [1.29, 1.82) is 0 Å². The summed E-state index contributed by atoms with van der Waals surface area (Å²) in [6.07, 6.45) is 4.30. The Kier molecular flexibility index (Phi) is 6.93. The maximum absolute atomic E-state index is 11.4. The summed E-state index contributed by atoms with van der Waals surface area (Å²) < 4.78 is 0. The van der Waals surface area contributed by atoms with Crippen LogP contribution in [0.5, 0.6) is 0 Å². The summed E-state index contributed by atoms with van der Waals surface area (Å²) in [5.74, 6) is 0.872. The third kappa shape index (κ3) is 4.82. The molecule has 0 aromatic carbocycles. The Labute approximate surface area is 92.6 Å². The molecule has 1 aliphatic heterocycles. The minimum absolute atomic E-state index is 0. The predicted octanol–water partition coefficient (Wildman–Crippen LogP) is 1.28. The molecule has 0 saturated carbocycles. The molecule has 4 heteroatoms. The number of nitrogens with zero attached hydrogens (tertiary/aromatic N) is 1. The minimum atomic E-state index is 0. The lowest BCUT2D eigenvalue weighted by Crippen LogP contribution is -2.24. The lowest BCUT2D eigenvalue weighted by Gasteiger charge is -2.16. The van der Waals surface area contributed by atoms with Crippen LogP contribution in [0.3, 0.4) is 0 Å². The van der Waals surface area contributed by atoms with Crippen LogP contribution in [0.1, 0.15) is 25.7 Å². The lowest BCUT2D eigenvalue weighted by atomic mass is 9.96. The molecular formula is C10H21ClN2O. The third-order valence-corrected chi connectivity index (χ3v) is 2.66. The molecule has 1 fully saturated rings. The second kappa shape index (κ2) is 7.07. The lowest BCUT2D eigenvalue weighted by molar-refractivity contribution is -0.129. The van der Waals surface area contributed by atoms with Gasteiger partial charge >= 0.3 is 0 Å². The standard InChI is InChI=1S/C10H20N2O.ClH/c1-12(2)10(13)8-9-4-3-6-11-7-5-9;/h9,11H,3-8H2,1-2H3;1H. The highest BCUT2D eigenvalue weighted by Gasteiger charge is 2.16. The van der Waals surface area contributed by atoms with E-state index in [1.165, 1.54) is 12.8 Å². The fourth-order valence-electron chi connectivity index (χ4n) is 1.72. The highest BCUT2D eigenvalue weighted by molar-refractivity contribution is 5.85. The Hall–Kier alpha value is -0.280. The second-order valence-corrected chi connectivity index (χ2v) is 4.04. The number of carbonyl (C=O) groups excluding carboxylic acids is 1. The first-order valence-corrected chi connectivity index (χ1v) is 5.11. The van der Waals surface area contributed by atoms with E-state index in [-0.39, 0.29) is 18.3 Å². The maximum atomic E-state index is 11.4. The van der Waals surface area contributed by atoms with Gasteiger partial charge in [0.2, 0.25) is 5.91 Å². The zero-order valence-electron chi connectivity index (χ0n) is 9.08. The molecule has 3 nitrogen and oxygen atoms in total. The van der Waals surface area contributed by atoms with E-state index in [9.17, 15) is 4.79 Å². The van der Waals surface area contributed by atoms with Crippen molar-refractivity contribution >= 4 is 18.3 Å². The van der Waals surface area contributed by atoms with Gasteiger partial charge < -0.3 is 10.2 Å². The molecule has 84 valence electrons. The van der Waals surface area contributed by atoms with Crippen LogP contribution in [0.15, 0.2) is 0 Å². The van der Waals surface area contributed by atoms with E-state index in [1.54, 1.807) is 4.90 Å². The Morgan fingerprint density at radius 2 is 2.07 bits per heavy atom. The monoisotopic (exact) mass is 220 g/mol. The molecule has 0 bridgehead atoms. The number of amides is 1. The van der Waals surface area contributed by atoms with Crippen LogP contribution in [0, 0.1) is 5.92 Å². The van der Waals surface area contributed by atoms with Crippen molar-refractivity contribution in [3.05, 3.63) is 0 Å². The van der Waals surface area contributed by atoms with Crippen LogP contribution in [0.4, 0.5) is 0 Å². The van der Waals surface area contributed by atoms with Crippen LogP contribution >= 0.6 is 12.4 Å². The summed E-state index contributed by atoms with van der Waals surface area (Å²) in [5.41, 5.74) is 0. The molecule has 14 heavy (non-hydrogen) atoms. The Morgan fingerprint density at radius 1 is 1.36 bits per heavy atom. The second-order valence-electron chi connectivity index (χ2n) is 4.04. The van der Waals surface area contributed by atoms with Gasteiger partial charge in [-0.2, -0.15) is 0 Å². The van der Waals surface area contributed by atoms with Gasteiger partial charge in [-0.15, -0.1) is 12.4 Å². The summed E-state index contributed by atoms with van der Waals surface area (Å²) in [7, 11) is 3.66. The van der Waals surface area contributed by atoms with E-state index in [1.807, 2.05) is 14.1 Å². The molecule has 0 aliphatic carbocycles. The largest absolute Gasteiger partial charge is 0.349 e. The highest BCUT2D eigenvalue weighted by Crippen LogP contribution is 2.17. The van der Waals surface area contributed by atoms with Crippen LogP contribution < -0.4 is 5.32 Å². The number of halogens is 1. The average molecular weight is 221 g/mol. The number of carbonyl (C=O) groups is 1. The van der Waals surface area contributed by atoms with Crippen molar-refractivity contribution in [3.63, 3.8) is 0 Å². The van der Waals surface area contributed by atoms with Gasteiger partial charge in [-0.25, -0.2) is 0 Å². The van der Waals surface area contributed by atoms with Gasteiger partial charge in [0.15, 0.2) is 0 Å².